The first-order valence-electron chi connectivity index (χ1n) is 6.96. The summed E-state index contributed by atoms with van der Waals surface area (Å²) in [7, 11) is 1.66. The quantitative estimate of drug-likeness (QED) is 0.668. The van der Waals surface area contributed by atoms with Crippen LogP contribution in [-0.2, 0) is 9.47 Å². The third kappa shape index (κ3) is 2.55. The number of ether oxygens (including phenoxy) is 2. The average molecular weight is 294 g/mol. The SMILES string of the molecule is COC1(C(NN)c2cc3cc(F)ccc3o2)CCOCC1. The van der Waals surface area contributed by atoms with Crippen molar-refractivity contribution >= 4 is 11.0 Å². The minimum atomic E-state index is -0.487. The Bertz CT molecular complexity index is 622. The van der Waals surface area contributed by atoms with Crippen molar-refractivity contribution in [1.29, 1.82) is 0 Å². The maximum Gasteiger partial charge on any atom is 0.134 e. The highest BCUT2D eigenvalue weighted by atomic mass is 19.1. The molecule has 114 valence electrons. The van der Waals surface area contributed by atoms with Crippen molar-refractivity contribution < 1.29 is 18.3 Å². The van der Waals surface area contributed by atoms with Crippen molar-refractivity contribution in [2.75, 3.05) is 20.3 Å². The van der Waals surface area contributed by atoms with Crippen LogP contribution in [0.1, 0.15) is 24.6 Å². The molecule has 1 unspecified atom stereocenters. The number of hydrogen-bond acceptors (Lipinski definition) is 5. The lowest BCUT2D eigenvalue weighted by Gasteiger charge is -2.40. The maximum absolute atomic E-state index is 13.3. The number of methoxy groups -OCH3 is 1. The number of benzene rings is 1. The van der Waals surface area contributed by atoms with E-state index in [9.17, 15) is 4.39 Å². The fourth-order valence-electron chi connectivity index (χ4n) is 3.00. The Morgan fingerprint density at radius 3 is 2.76 bits per heavy atom. The Morgan fingerprint density at radius 1 is 1.33 bits per heavy atom. The van der Waals surface area contributed by atoms with Crippen LogP contribution in [0.5, 0.6) is 0 Å². The Morgan fingerprint density at radius 2 is 2.10 bits per heavy atom. The van der Waals surface area contributed by atoms with Gasteiger partial charge in [0.15, 0.2) is 0 Å². The zero-order valence-corrected chi connectivity index (χ0v) is 11.9. The fourth-order valence-corrected chi connectivity index (χ4v) is 3.00. The molecule has 0 spiro atoms. The Hall–Kier alpha value is -1.47. The molecular formula is C15H19FN2O3. The molecule has 3 N–H and O–H groups in total. The fraction of sp³-hybridized carbons (Fsp3) is 0.467. The smallest absolute Gasteiger partial charge is 0.134 e. The molecule has 21 heavy (non-hydrogen) atoms. The van der Waals surface area contributed by atoms with Crippen molar-refractivity contribution in [2.45, 2.75) is 24.5 Å². The molecule has 1 aromatic carbocycles. The number of nitrogens with one attached hydrogen (secondary N) is 1. The first-order valence-corrected chi connectivity index (χ1v) is 6.96. The number of fused-ring (bicyclic) bond motifs is 1. The van der Waals surface area contributed by atoms with E-state index in [4.69, 9.17) is 19.7 Å². The van der Waals surface area contributed by atoms with E-state index in [1.807, 2.05) is 0 Å². The van der Waals surface area contributed by atoms with Crippen molar-refractivity contribution in [2.24, 2.45) is 5.84 Å². The summed E-state index contributed by atoms with van der Waals surface area (Å²) in [5.74, 6) is 6.09. The molecule has 1 aromatic heterocycles. The summed E-state index contributed by atoms with van der Waals surface area (Å²) in [4.78, 5) is 0. The molecule has 1 aliphatic rings. The molecule has 2 heterocycles. The number of hydrazine groups is 1. The third-order valence-corrected chi connectivity index (χ3v) is 4.22. The lowest BCUT2D eigenvalue weighted by atomic mass is 9.85. The average Bonchev–Trinajstić information content (AvgIpc) is 2.91. The normalized spacial score (nSPS) is 19.8. The van der Waals surface area contributed by atoms with Crippen LogP contribution in [0, 0.1) is 5.82 Å². The predicted octanol–water partition coefficient (Wildman–Crippen LogP) is 2.27. The molecule has 0 radical (unpaired) electrons. The van der Waals surface area contributed by atoms with E-state index in [0.29, 0.717) is 42.8 Å². The number of halogens is 1. The number of rotatable bonds is 4. The standard InChI is InChI=1S/C15H19FN2O3/c1-19-15(4-6-20-7-5-15)14(18-17)13-9-10-8-11(16)2-3-12(10)21-13/h2-3,8-9,14,18H,4-7,17H2,1H3. The molecule has 0 bridgehead atoms. The van der Waals surface area contributed by atoms with Gasteiger partial charge in [0.25, 0.3) is 0 Å². The van der Waals surface area contributed by atoms with Gasteiger partial charge in [-0.25, -0.2) is 9.82 Å². The molecule has 0 saturated carbocycles. The van der Waals surface area contributed by atoms with Crippen LogP contribution in [0.3, 0.4) is 0 Å². The number of hydrogen-bond donors (Lipinski definition) is 2. The minimum absolute atomic E-state index is 0.292. The molecule has 1 aliphatic heterocycles. The van der Waals surface area contributed by atoms with Gasteiger partial charge < -0.3 is 13.9 Å². The molecule has 1 saturated heterocycles. The van der Waals surface area contributed by atoms with Crippen LogP contribution in [0.25, 0.3) is 11.0 Å². The van der Waals surface area contributed by atoms with Crippen molar-refractivity contribution in [3.63, 3.8) is 0 Å². The topological polar surface area (TPSA) is 69.7 Å². The molecule has 0 amide bonds. The highest BCUT2D eigenvalue weighted by Crippen LogP contribution is 2.38. The Kier molecular flexibility index (Phi) is 3.95. The van der Waals surface area contributed by atoms with E-state index in [2.05, 4.69) is 5.43 Å². The summed E-state index contributed by atoms with van der Waals surface area (Å²) in [6, 6.07) is 5.92. The van der Waals surface area contributed by atoms with Crippen LogP contribution in [0.4, 0.5) is 4.39 Å². The van der Waals surface area contributed by atoms with Crippen molar-refractivity contribution in [3.05, 3.63) is 35.8 Å². The molecule has 0 aliphatic carbocycles. The lowest BCUT2D eigenvalue weighted by molar-refractivity contribution is -0.114. The zero-order chi connectivity index (χ0) is 14.9. The first-order chi connectivity index (χ1) is 10.2. The van der Waals surface area contributed by atoms with E-state index in [0.717, 1.165) is 0 Å². The molecular weight excluding hydrogens is 275 g/mol. The van der Waals surface area contributed by atoms with Gasteiger partial charge in [0, 0.05) is 38.6 Å². The van der Waals surface area contributed by atoms with Gasteiger partial charge in [0.2, 0.25) is 0 Å². The second kappa shape index (κ2) is 5.73. The molecule has 2 aromatic rings. The van der Waals surface area contributed by atoms with E-state index < -0.39 is 5.60 Å². The third-order valence-electron chi connectivity index (χ3n) is 4.22. The number of furan rings is 1. The van der Waals surface area contributed by atoms with E-state index in [-0.39, 0.29) is 11.9 Å². The number of nitrogens with two attached hydrogens (primary N) is 1. The van der Waals surface area contributed by atoms with Gasteiger partial charge in [-0.2, -0.15) is 0 Å². The second-order valence-electron chi connectivity index (χ2n) is 5.31. The summed E-state index contributed by atoms with van der Waals surface area (Å²) in [5.41, 5.74) is 2.93. The first kappa shape index (κ1) is 14.5. The summed E-state index contributed by atoms with van der Waals surface area (Å²) < 4.78 is 30.3. The lowest BCUT2D eigenvalue weighted by Crippen LogP contribution is -2.51. The van der Waals surface area contributed by atoms with Gasteiger partial charge in [0.1, 0.15) is 23.2 Å². The monoisotopic (exact) mass is 294 g/mol. The molecule has 1 atom stereocenters. The molecule has 1 fully saturated rings. The second-order valence-corrected chi connectivity index (χ2v) is 5.31. The molecule has 6 heteroatoms. The Labute approximate surface area is 122 Å². The zero-order valence-electron chi connectivity index (χ0n) is 11.9. The van der Waals surface area contributed by atoms with Gasteiger partial charge in [-0.15, -0.1) is 0 Å². The molecule has 3 rings (SSSR count). The van der Waals surface area contributed by atoms with Gasteiger partial charge >= 0.3 is 0 Å². The summed E-state index contributed by atoms with van der Waals surface area (Å²) in [6.45, 7) is 1.22. The van der Waals surface area contributed by atoms with E-state index in [1.165, 1.54) is 12.1 Å². The van der Waals surface area contributed by atoms with Crippen molar-refractivity contribution in [3.8, 4) is 0 Å². The van der Waals surface area contributed by atoms with Crippen LogP contribution >= 0.6 is 0 Å². The van der Waals surface area contributed by atoms with Gasteiger partial charge in [0.05, 0.1) is 5.60 Å². The minimum Gasteiger partial charge on any atom is -0.459 e. The summed E-state index contributed by atoms with van der Waals surface area (Å²) in [5, 5.41) is 0.712. The van der Waals surface area contributed by atoms with E-state index >= 15 is 0 Å². The predicted molar refractivity (Wildman–Crippen MR) is 76.0 cm³/mol. The maximum atomic E-state index is 13.3. The van der Waals surface area contributed by atoms with Gasteiger partial charge in [-0.3, -0.25) is 5.84 Å². The van der Waals surface area contributed by atoms with Crippen LogP contribution < -0.4 is 11.3 Å². The summed E-state index contributed by atoms with van der Waals surface area (Å²) in [6.07, 6.45) is 1.42. The van der Waals surface area contributed by atoms with Crippen LogP contribution in [-0.4, -0.2) is 25.9 Å². The van der Waals surface area contributed by atoms with Crippen molar-refractivity contribution in [1.82, 2.24) is 5.43 Å². The van der Waals surface area contributed by atoms with Gasteiger partial charge in [-0.05, 0) is 24.3 Å². The Balaban J connectivity index is 2.00. The van der Waals surface area contributed by atoms with Crippen LogP contribution in [0.2, 0.25) is 0 Å². The van der Waals surface area contributed by atoms with E-state index in [1.54, 1.807) is 19.2 Å². The van der Waals surface area contributed by atoms with Gasteiger partial charge in [-0.1, -0.05) is 0 Å². The summed E-state index contributed by atoms with van der Waals surface area (Å²) >= 11 is 0. The van der Waals surface area contributed by atoms with Crippen LogP contribution in [0.15, 0.2) is 28.7 Å². The highest BCUT2D eigenvalue weighted by Gasteiger charge is 2.42. The molecule has 5 nitrogen and oxygen atoms in total. The largest absolute Gasteiger partial charge is 0.459 e. The highest BCUT2D eigenvalue weighted by molar-refractivity contribution is 5.78.